The molecule has 0 atom stereocenters. The normalized spacial score (nSPS) is 13.7. The van der Waals surface area contributed by atoms with Crippen LogP contribution in [0.15, 0.2) is 60.5 Å². The van der Waals surface area contributed by atoms with E-state index in [0.29, 0.717) is 18.9 Å². The Kier molecular flexibility index (Phi) is 5.44. The van der Waals surface area contributed by atoms with E-state index in [-0.39, 0.29) is 6.61 Å². The maximum absolute atomic E-state index is 8.97. The number of nitrogens with one attached hydrogen (secondary N) is 3. The predicted octanol–water partition coefficient (Wildman–Crippen LogP) is 2.78. The lowest BCUT2D eigenvalue weighted by molar-refractivity contribution is 0.277. The summed E-state index contributed by atoms with van der Waals surface area (Å²) in [6, 6.07) is 5.88. The van der Waals surface area contributed by atoms with Gasteiger partial charge in [0.05, 0.1) is 17.2 Å². The third-order valence-electron chi connectivity index (χ3n) is 4.74. The first-order valence-electron chi connectivity index (χ1n) is 9.73. The minimum absolute atomic E-state index is 0.154. The van der Waals surface area contributed by atoms with E-state index in [1.54, 1.807) is 0 Å². The Hall–Kier alpha value is -3.39. The molecule has 0 fully saturated rings. The van der Waals surface area contributed by atoms with Gasteiger partial charge in [-0.25, -0.2) is 4.98 Å². The van der Waals surface area contributed by atoms with E-state index >= 15 is 0 Å². The van der Waals surface area contributed by atoms with Crippen LogP contribution in [0.3, 0.4) is 0 Å². The molecule has 0 spiro atoms. The maximum Gasteiger partial charge on any atom is 0.132 e. The van der Waals surface area contributed by atoms with Crippen LogP contribution in [0, 0.1) is 5.92 Å². The molecule has 150 valence electrons. The summed E-state index contributed by atoms with van der Waals surface area (Å²) in [7, 11) is 0. The summed E-state index contributed by atoms with van der Waals surface area (Å²) in [5, 5.41) is 16.6. The van der Waals surface area contributed by atoms with E-state index < -0.39 is 0 Å². The lowest BCUT2D eigenvalue weighted by Crippen LogP contribution is -2.33. The van der Waals surface area contributed by atoms with E-state index in [1.807, 2.05) is 47.7 Å². The predicted molar refractivity (Wildman–Crippen MR) is 113 cm³/mol. The summed E-state index contributed by atoms with van der Waals surface area (Å²) < 4.78 is 1.83. The zero-order valence-corrected chi connectivity index (χ0v) is 16.6. The highest BCUT2D eigenvalue weighted by molar-refractivity contribution is 5.81. The molecule has 0 radical (unpaired) electrons. The number of aliphatic hydroxyl groups excluding tert-OH is 1. The second kappa shape index (κ2) is 8.32. The highest BCUT2D eigenvalue weighted by Crippen LogP contribution is 2.23. The van der Waals surface area contributed by atoms with Gasteiger partial charge in [0.15, 0.2) is 0 Å². The van der Waals surface area contributed by atoms with Gasteiger partial charge in [0.1, 0.15) is 11.6 Å². The molecule has 3 aromatic rings. The van der Waals surface area contributed by atoms with Crippen molar-refractivity contribution in [3.63, 3.8) is 0 Å². The van der Waals surface area contributed by atoms with Gasteiger partial charge in [-0.1, -0.05) is 13.8 Å². The summed E-state index contributed by atoms with van der Waals surface area (Å²) in [6.45, 7) is 5.15. The summed E-state index contributed by atoms with van der Waals surface area (Å²) in [6.07, 6.45) is 10.3. The van der Waals surface area contributed by atoms with Crippen LogP contribution in [0.4, 0.5) is 5.82 Å². The highest BCUT2D eigenvalue weighted by Gasteiger charge is 2.10. The van der Waals surface area contributed by atoms with Gasteiger partial charge in [0.2, 0.25) is 0 Å². The van der Waals surface area contributed by atoms with E-state index in [4.69, 9.17) is 10.1 Å². The van der Waals surface area contributed by atoms with Crippen molar-refractivity contribution >= 4 is 16.9 Å². The molecule has 8 nitrogen and oxygen atoms in total. The monoisotopic (exact) mass is 391 g/mol. The molecule has 4 heterocycles. The number of fused-ring (bicyclic) bond motifs is 1. The molecule has 0 unspecified atom stereocenters. The Morgan fingerprint density at radius 1 is 1.17 bits per heavy atom. The Bertz CT molecular complexity index is 1070. The number of anilines is 1. The van der Waals surface area contributed by atoms with Gasteiger partial charge < -0.3 is 15.8 Å². The fourth-order valence-electron chi connectivity index (χ4n) is 3.08. The summed E-state index contributed by atoms with van der Waals surface area (Å²) in [4.78, 5) is 9.25. The second-order valence-corrected chi connectivity index (χ2v) is 7.28. The van der Waals surface area contributed by atoms with Crippen molar-refractivity contribution in [1.29, 1.82) is 0 Å². The fraction of sp³-hybridized carbons (Fsp3) is 0.286. The molecular formula is C21H25N7O. The SMILES string of the molecule is CC(C)C1=CNNC(Nc2ccc3ncc(-c4cnn(CCCO)c4)cc3n2)=C1. The number of allylic oxidation sites excluding steroid dienone is 2. The first kappa shape index (κ1) is 18.9. The standard InChI is InChI=1S/C21H25N7O/c1-14(2)15-9-21(27-23-11-15)26-20-5-4-18-19(25-20)8-16(10-22-18)17-12-24-28(13-17)6-3-7-29/h4-5,8-14,23,27,29H,3,6-7H2,1-2H3,(H,25,26). The number of aromatic nitrogens is 4. The van der Waals surface area contributed by atoms with Crippen molar-refractivity contribution in [2.24, 2.45) is 5.92 Å². The molecule has 0 saturated heterocycles. The fourth-order valence-corrected chi connectivity index (χ4v) is 3.08. The van der Waals surface area contributed by atoms with Crippen molar-refractivity contribution in [3.05, 3.63) is 60.5 Å². The van der Waals surface area contributed by atoms with Gasteiger partial charge in [-0.05, 0) is 42.2 Å². The molecule has 8 heteroatoms. The number of nitrogens with zero attached hydrogens (tertiary/aromatic N) is 4. The van der Waals surface area contributed by atoms with Crippen LogP contribution in [0.5, 0.6) is 0 Å². The van der Waals surface area contributed by atoms with Crippen LogP contribution >= 0.6 is 0 Å². The quantitative estimate of drug-likeness (QED) is 0.491. The lowest BCUT2D eigenvalue weighted by Gasteiger charge is -2.20. The van der Waals surface area contributed by atoms with Gasteiger partial charge in [0.25, 0.3) is 0 Å². The Morgan fingerprint density at radius 3 is 2.90 bits per heavy atom. The van der Waals surface area contributed by atoms with Crippen LogP contribution in [-0.2, 0) is 6.54 Å². The molecule has 4 rings (SSSR count). The van der Waals surface area contributed by atoms with E-state index in [0.717, 1.165) is 33.8 Å². The van der Waals surface area contributed by atoms with Crippen LogP contribution in [0.25, 0.3) is 22.2 Å². The zero-order valence-electron chi connectivity index (χ0n) is 16.6. The lowest BCUT2D eigenvalue weighted by atomic mass is 10.0. The molecule has 1 aliphatic heterocycles. The third-order valence-corrected chi connectivity index (χ3v) is 4.74. The van der Waals surface area contributed by atoms with Crippen LogP contribution in [0.1, 0.15) is 20.3 Å². The summed E-state index contributed by atoms with van der Waals surface area (Å²) in [5.41, 5.74) is 10.9. The Labute approximate surface area is 169 Å². The molecule has 0 amide bonds. The molecule has 0 aromatic carbocycles. The van der Waals surface area contributed by atoms with Gasteiger partial charge in [0, 0.05) is 42.9 Å². The molecule has 0 bridgehead atoms. The molecule has 4 N–H and O–H groups in total. The minimum Gasteiger partial charge on any atom is -0.396 e. The van der Waals surface area contributed by atoms with E-state index in [2.05, 4.69) is 46.2 Å². The molecule has 0 aliphatic carbocycles. The first-order valence-corrected chi connectivity index (χ1v) is 9.73. The maximum atomic E-state index is 8.97. The van der Waals surface area contributed by atoms with Gasteiger partial charge >= 0.3 is 0 Å². The molecule has 3 aromatic heterocycles. The molecule has 0 saturated carbocycles. The number of rotatable bonds is 7. The Balaban J connectivity index is 1.57. The third kappa shape index (κ3) is 4.38. The highest BCUT2D eigenvalue weighted by atomic mass is 16.3. The average molecular weight is 391 g/mol. The number of aliphatic hydroxyl groups is 1. The van der Waals surface area contributed by atoms with E-state index in [1.165, 1.54) is 5.57 Å². The number of pyridine rings is 2. The molecular weight excluding hydrogens is 366 g/mol. The number of hydrogen-bond donors (Lipinski definition) is 4. The number of aryl methyl sites for hydroxylation is 1. The summed E-state index contributed by atoms with van der Waals surface area (Å²) >= 11 is 0. The topological polar surface area (TPSA) is 99.9 Å². The average Bonchev–Trinajstić information content (AvgIpc) is 3.21. The van der Waals surface area contributed by atoms with Crippen LogP contribution in [0.2, 0.25) is 0 Å². The van der Waals surface area contributed by atoms with Gasteiger partial charge in [-0.15, -0.1) is 0 Å². The van der Waals surface area contributed by atoms with Crippen molar-refractivity contribution in [1.82, 2.24) is 30.6 Å². The van der Waals surface area contributed by atoms with Gasteiger partial charge in [-0.2, -0.15) is 5.10 Å². The zero-order chi connectivity index (χ0) is 20.2. The molecule has 29 heavy (non-hydrogen) atoms. The Morgan fingerprint density at radius 2 is 2.07 bits per heavy atom. The van der Waals surface area contributed by atoms with E-state index in [9.17, 15) is 0 Å². The molecule has 1 aliphatic rings. The van der Waals surface area contributed by atoms with Crippen molar-refractivity contribution in [3.8, 4) is 11.1 Å². The number of hydrogen-bond acceptors (Lipinski definition) is 7. The van der Waals surface area contributed by atoms with Crippen LogP contribution in [-0.4, -0.2) is 31.5 Å². The second-order valence-electron chi connectivity index (χ2n) is 7.28. The summed E-state index contributed by atoms with van der Waals surface area (Å²) in [5.74, 6) is 2.01. The van der Waals surface area contributed by atoms with Crippen molar-refractivity contribution in [2.45, 2.75) is 26.8 Å². The van der Waals surface area contributed by atoms with Crippen molar-refractivity contribution in [2.75, 3.05) is 11.9 Å². The number of hydrazine groups is 1. The first-order chi connectivity index (χ1) is 14.1. The minimum atomic E-state index is 0.154. The smallest absolute Gasteiger partial charge is 0.132 e. The van der Waals surface area contributed by atoms with Crippen LogP contribution < -0.4 is 16.2 Å². The van der Waals surface area contributed by atoms with Crippen molar-refractivity contribution < 1.29 is 5.11 Å². The largest absolute Gasteiger partial charge is 0.396 e. The van der Waals surface area contributed by atoms with Gasteiger partial charge in [-0.3, -0.25) is 15.1 Å².